The Morgan fingerprint density at radius 1 is 0.962 bits per heavy atom. The fraction of sp³-hybridized carbons (Fsp3) is 0.350. The van der Waals surface area contributed by atoms with Crippen LogP contribution in [0.4, 0.5) is 10.5 Å². The van der Waals surface area contributed by atoms with Crippen LogP contribution in [-0.4, -0.2) is 32.9 Å². The number of anilines is 1. The van der Waals surface area contributed by atoms with Gasteiger partial charge in [-0.25, -0.2) is 4.79 Å². The number of para-hydroxylation sites is 2. The van der Waals surface area contributed by atoms with E-state index in [1.165, 1.54) is 0 Å². The molecule has 2 rings (SSSR count). The maximum atomic E-state index is 12.1. The van der Waals surface area contributed by atoms with Crippen LogP contribution in [0.25, 0.3) is 0 Å². The number of carbonyl (C=O) groups excluding carboxylic acids is 1. The van der Waals surface area contributed by atoms with Gasteiger partial charge in [-0.15, -0.1) is 0 Å². The molecule has 140 valence electrons. The van der Waals surface area contributed by atoms with Crippen molar-refractivity contribution in [2.24, 2.45) is 0 Å². The van der Waals surface area contributed by atoms with E-state index in [2.05, 4.69) is 10.6 Å². The number of benzene rings is 2. The van der Waals surface area contributed by atoms with Gasteiger partial charge in [-0.05, 0) is 50.1 Å². The minimum Gasteiger partial charge on any atom is -0.495 e. The first kappa shape index (κ1) is 19.4. The van der Waals surface area contributed by atoms with Crippen molar-refractivity contribution in [3.05, 3.63) is 48.0 Å². The van der Waals surface area contributed by atoms with Crippen LogP contribution in [0.15, 0.2) is 42.5 Å². The summed E-state index contributed by atoms with van der Waals surface area (Å²) < 4.78 is 16.4. The zero-order valence-electron chi connectivity index (χ0n) is 15.5. The maximum absolute atomic E-state index is 12.1. The Morgan fingerprint density at radius 3 is 2.42 bits per heavy atom. The van der Waals surface area contributed by atoms with E-state index in [1.807, 2.05) is 44.2 Å². The summed E-state index contributed by atoms with van der Waals surface area (Å²) in [6.07, 6.45) is 0.686. The van der Waals surface area contributed by atoms with Crippen LogP contribution in [0.2, 0.25) is 0 Å². The first-order valence-corrected chi connectivity index (χ1v) is 8.74. The molecule has 0 bridgehead atoms. The Hall–Kier alpha value is -2.89. The molecular formula is C20H26N2O4. The van der Waals surface area contributed by atoms with Gasteiger partial charge >= 0.3 is 6.03 Å². The van der Waals surface area contributed by atoms with Gasteiger partial charge in [0.25, 0.3) is 0 Å². The van der Waals surface area contributed by atoms with Crippen LogP contribution < -0.4 is 24.8 Å². The van der Waals surface area contributed by atoms with E-state index in [4.69, 9.17) is 14.2 Å². The number of methoxy groups -OCH3 is 1. The number of carbonyl (C=O) groups is 1. The Kier molecular flexibility index (Phi) is 7.61. The molecule has 2 amide bonds. The van der Waals surface area contributed by atoms with Gasteiger partial charge in [0, 0.05) is 6.54 Å². The molecule has 6 nitrogen and oxygen atoms in total. The number of nitrogens with one attached hydrogen (secondary N) is 2. The number of rotatable bonds is 9. The largest absolute Gasteiger partial charge is 0.495 e. The topological polar surface area (TPSA) is 68.8 Å². The molecule has 0 spiro atoms. The number of hydrogen-bond acceptors (Lipinski definition) is 4. The van der Waals surface area contributed by atoms with E-state index in [0.29, 0.717) is 37.6 Å². The molecule has 0 radical (unpaired) electrons. The second-order valence-electron chi connectivity index (χ2n) is 5.48. The van der Waals surface area contributed by atoms with Crippen molar-refractivity contribution in [3.8, 4) is 17.2 Å². The number of urea groups is 1. The summed E-state index contributed by atoms with van der Waals surface area (Å²) in [5, 5.41) is 5.63. The lowest BCUT2D eigenvalue weighted by Crippen LogP contribution is -2.30. The fourth-order valence-corrected chi connectivity index (χ4v) is 2.49. The molecule has 2 aromatic rings. The van der Waals surface area contributed by atoms with Crippen LogP contribution in [0, 0.1) is 0 Å². The molecule has 0 saturated carbocycles. The van der Waals surface area contributed by atoms with Gasteiger partial charge in [0.2, 0.25) is 0 Å². The summed E-state index contributed by atoms with van der Waals surface area (Å²) in [4.78, 5) is 12.1. The Bertz CT molecular complexity index is 719. The molecular weight excluding hydrogens is 332 g/mol. The van der Waals surface area contributed by atoms with Crippen molar-refractivity contribution in [3.63, 3.8) is 0 Å². The molecule has 0 aliphatic rings. The molecule has 0 aliphatic heterocycles. The second-order valence-corrected chi connectivity index (χ2v) is 5.48. The Morgan fingerprint density at radius 2 is 1.69 bits per heavy atom. The lowest BCUT2D eigenvalue weighted by atomic mass is 10.1. The third-order valence-electron chi connectivity index (χ3n) is 3.66. The first-order chi connectivity index (χ1) is 12.7. The molecule has 0 aliphatic carbocycles. The third kappa shape index (κ3) is 5.58. The van der Waals surface area contributed by atoms with Crippen LogP contribution in [0.3, 0.4) is 0 Å². The highest BCUT2D eigenvalue weighted by atomic mass is 16.5. The van der Waals surface area contributed by atoms with Crippen molar-refractivity contribution < 1.29 is 19.0 Å². The Balaban J connectivity index is 1.88. The third-order valence-corrected chi connectivity index (χ3v) is 3.66. The molecule has 0 aromatic heterocycles. The average molecular weight is 358 g/mol. The van der Waals surface area contributed by atoms with Gasteiger partial charge in [-0.1, -0.05) is 18.2 Å². The van der Waals surface area contributed by atoms with Gasteiger partial charge in [0.1, 0.15) is 5.75 Å². The summed E-state index contributed by atoms with van der Waals surface area (Å²) in [5.41, 5.74) is 1.70. The second kappa shape index (κ2) is 10.2. The zero-order valence-corrected chi connectivity index (χ0v) is 15.5. The minimum absolute atomic E-state index is 0.273. The molecule has 6 heteroatoms. The summed E-state index contributed by atoms with van der Waals surface area (Å²) in [5.74, 6) is 2.08. The van der Waals surface area contributed by atoms with Gasteiger partial charge in [0.05, 0.1) is 26.0 Å². The molecule has 26 heavy (non-hydrogen) atoms. The number of amides is 2. The lowest BCUT2D eigenvalue weighted by Gasteiger charge is -2.13. The maximum Gasteiger partial charge on any atom is 0.319 e. The van der Waals surface area contributed by atoms with E-state index in [9.17, 15) is 4.79 Å². The normalized spacial score (nSPS) is 10.1. The molecule has 0 heterocycles. The molecule has 0 saturated heterocycles. The van der Waals surface area contributed by atoms with E-state index in [0.717, 1.165) is 17.1 Å². The standard InChI is InChI=1S/C20H26N2O4/c1-4-25-18-11-10-15(14-19(18)26-5-2)12-13-21-20(23)22-16-8-6-7-9-17(16)24-3/h6-11,14H,4-5,12-13H2,1-3H3,(H2,21,22,23). The summed E-state index contributed by atoms with van der Waals surface area (Å²) in [7, 11) is 1.57. The molecule has 0 atom stereocenters. The average Bonchev–Trinajstić information content (AvgIpc) is 2.64. The minimum atomic E-state index is -0.273. The van der Waals surface area contributed by atoms with E-state index in [1.54, 1.807) is 19.2 Å². The number of hydrogen-bond donors (Lipinski definition) is 2. The predicted molar refractivity (Wildman–Crippen MR) is 102 cm³/mol. The fourth-order valence-electron chi connectivity index (χ4n) is 2.49. The van der Waals surface area contributed by atoms with Crippen LogP contribution in [-0.2, 0) is 6.42 Å². The molecule has 2 aromatic carbocycles. The zero-order chi connectivity index (χ0) is 18.8. The smallest absolute Gasteiger partial charge is 0.319 e. The van der Waals surface area contributed by atoms with E-state index < -0.39 is 0 Å². The van der Waals surface area contributed by atoms with Crippen LogP contribution in [0.5, 0.6) is 17.2 Å². The highest BCUT2D eigenvalue weighted by Crippen LogP contribution is 2.28. The van der Waals surface area contributed by atoms with Gasteiger partial charge in [-0.2, -0.15) is 0 Å². The summed E-state index contributed by atoms with van der Waals surface area (Å²) >= 11 is 0. The number of ether oxygens (including phenoxy) is 3. The molecule has 0 unspecified atom stereocenters. The highest BCUT2D eigenvalue weighted by Gasteiger charge is 2.08. The van der Waals surface area contributed by atoms with Gasteiger partial charge < -0.3 is 24.8 Å². The lowest BCUT2D eigenvalue weighted by molar-refractivity contribution is 0.252. The van der Waals surface area contributed by atoms with Crippen molar-refractivity contribution in [2.75, 3.05) is 32.2 Å². The predicted octanol–water partition coefficient (Wildman–Crippen LogP) is 3.86. The van der Waals surface area contributed by atoms with Gasteiger partial charge in [-0.3, -0.25) is 0 Å². The van der Waals surface area contributed by atoms with Crippen molar-refractivity contribution >= 4 is 11.7 Å². The first-order valence-electron chi connectivity index (χ1n) is 8.74. The van der Waals surface area contributed by atoms with Gasteiger partial charge in [0.15, 0.2) is 11.5 Å². The SMILES string of the molecule is CCOc1ccc(CCNC(=O)Nc2ccccc2OC)cc1OCC. The Labute approximate surface area is 154 Å². The van der Waals surface area contributed by atoms with Crippen molar-refractivity contribution in [2.45, 2.75) is 20.3 Å². The molecule has 0 fully saturated rings. The van der Waals surface area contributed by atoms with Crippen LogP contribution in [0.1, 0.15) is 19.4 Å². The van der Waals surface area contributed by atoms with E-state index in [-0.39, 0.29) is 6.03 Å². The van der Waals surface area contributed by atoms with E-state index >= 15 is 0 Å². The van der Waals surface area contributed by atoms with Crippen molar-refractivity contribution in [1.82, 2.24) is 5.32 Å². The van der Waals surface area contributed by atoms with Crippen LogP contribution >= 0.6 is 0 Å². The highest BCUT2D eigenvalue weighted by molar-refractivity contribution is 5.90. The van der Waals surface area contributed by atoms with Crippen molar-refractivity contribution in [1.29, 1.82) is 0 Å². The quantitative estimate of drug-likeness (QED) is 0.714. The summed E-state index contributed by atoms with van der Waals surface area (Å²) in [6.45, 7) is 5.54. The summed E-state index contributed by atoms with van der Waals surface area (Å²) in [6, 6.07) is 12.8. The molecule has 2 N–H and O–H groups in total. The monoisotopic (exact) mass is 358 g/mol.